The molecule has 0 unspecified atom stereocenters. The van der Waals surface area contributed by atoms with E-state index in [-0.39, 0.29) is 17.3 Å². The van der Waals surface area contributed by atoms with Gasteiger partial charge in [0.25, 0.3) is 5.69 Å². The molecule has 0 radical (unpaired) electrons. The Labute approximate surface area is 143 Å². The van der Waals surface area contributed by atoms with Gasteiger partial charge in [-0.1, -0.05) is 42.5 Å². The zero-order valence-corrected chi connectivity index (χ0v) is 13.5. The third kappa shape index (κ3) is 3.28. The summed E-state index contributed by atoms with van der Waals surface area (Å²) in [5.74, 6) is -0.284. The topological polar surface area (TPSA) is 92.5 Å². The van der Waals surface area contributed by atoms with Crippen LogP contribution >= 0.6 is 0 Å². The number of nitro groups is 1. The van der Waals surface area contributed by atoms with Crippen LogP contribution in [0.25, 0.3) is 10.8 Å². The quantitative estimate of drug-likeness (QED) is 0.561. The van der Waals surface area contributed by atoms with E-state index >= 15 is 0 Å². The Hall–Kier alpha value is -3.41. The van der Waals surface area contributed by atoms with E-state index in [1.54, 1.807) is 24.3 Å². The molecule has 6 nitrogen and oxygen atoms in total. The summed E-state index contributed by atoms with van der Waals surface area (Å²) in [5.41, 5.74) is 0.956. The van der Waals surface area contributed by atoms with Crippen molar-refractivity contribution in [2.24, 2.45) is 0 Å². The lowest BCUT2D eigenvalue weighted by molar-refractivity contribution is -0.384. The number of aromatic hydroxyl groups is 1. The molecule has 3 aromatic carbocycles. The molecule has 0 fully saturated rings. The van der Waals surface area contributed by atoms with Crippen molar-refractivity contribution in [3.8, 4) is 5.75 Å². The largest absolute Gasteiger partial charge is 0.508 e. The number of non-ortho nitro benzene ring substituents is 1. The minimum atomic E-state index is -0.705. The minimum Gasteiger partial charge on any atom is -0.508 e. The summed E-state index contributed by atoms with van der Waals surface area (Å²) in [5, 5.41) is 26.0. The maximum Gasteiger partial charge on any atom is 0.269 e. The third-order valence-electron chi connectivity index (χ3n) is 4.00. The van der Waals surface area contributed by atoms with Gasteiger partial charge in [-0.25, -0.2) is 0 Å². The van der Waals surface area contributed by atoms with Crippen LogP contribution in [-0.2, 0) is 4.79 Å². The normalized spacial score (nSPS) is 11.9. The number of nitrogens with one attached hydrogen (secondary N) is 1. The van der Waals surface area contributed by atoms with Crippen LogP contribution in [0.4, 0.5) is 5.69 Å². The van der Waals surface area contributed by atoms with Gasteiger partial charge >= 0.3 is 0 Å². The highest BCUT2D eigenvalue weighted by atomic mass is 16.6. The number of nitrogens with zero attached hydrogens (tertiary/aromatic N) is 1. The Morgan fingerprint density at radius 3 is 2.60 bits per heavy atom. The molecule has 2 N–H and O–H groups in total. The Bertz CT molecular complexity index is 969. The smallest absolute Gasteiger partial charge is 0.269 e. The monoisotopic (exact) mass is 336 g/mol. The second-order valence-corrected chi connectivity index (χ2v) is 5.71. The number of nitro benzene ring substituents is 1. The number of benzene rings is 3. The first-order valence-corrected chi connectivity index (χ1v) is 7.69. The molecule has 0 bridgehead atoms. The number of hydrogen-bond donors (Lipinski definition) is 2. The molecule has 1 amide bonds. The second kappa shape index (κ2) is 6.60. The average Bonchev–Trinajstić information content (AvgIpc) is 2.60. The molecule has 0 saturated heterocycles. The van der Waals surface area contributed by atoms with Crippen LogP contribution in [0.3, 0.4) is 0 Å². The molecule has 126 valence electrons. The summed E-state index contributed by atoms with van der Waals surface area (Å²) < 4.78 is 0. The van der Waals surface area contributed by atoms with Gasteiger partial charge in [-0.15, -0.1) is 0 Å². The maximum absolute atomic E-state index is 11.7. The van der Waals surface area contributed by atoms with Crippen molar-refractivity contribution in [3.05, 3.63) is 81.9 Å². The summed E-state index contributed by atoms with van der Waals surface area (Å²) in [6.07, 6.45) is 0. The molecule has 0 aromatic heterocycles. The van der Waals surface area contributed by atoms with Gasteiger partial charge in [-0.05, 0) is 22.4 Å². The summed E-state index contributed by atoms with van der Waals surface area (Å²) in [7, 11) is 0. The standard InChI is InChI=1S/C19H16N2O4/c1-12(22)20-19(14-6-4-7-15(11-14)21(24)25)18-16-8-3-2-5-13(16)9-10-17(18)23/h2-11,19,23H,1H3,(H,20,22)/t19-/m0/s1. The van der Waals surface area contributed by atoms with Crippen molar-refractivity contribution < 1.29 is 14.8 Å². The molecule has 0 aliphatic heterocycles. The molecule has 6 heteroatoms. The Morgan fingerprint density at radius 1 is 1.12 bits per heavy atom. The van der Waals surface area contributed by atoms with E-state index in [4.69, 9.17) is 0 Å². The zero-order valence-electron chi connectivity index (χ0n) is 13.5. The number of phenolic OH excluding ortho intramolecular Hbond substituents is 1. The van der Waals surface area contributed by atoms with E-state index in [9.17, 15) is 20.0 Å². The van der Waals surface area contributed by atoms with Crippen LogP contribution in [-0.4, -0.2) is 15.9 Å². The van der Waals surface area contributed by atoms with Gasteiger partial charge < -0.3 is 10.4 Å². The van der Waals surface area contributed by atoms with E-state index in [1.807, 2.05) is 24.3 Å². The Morgan fingerprint density at radius 2 is 1.88 bits per heavy atom. The van der Waals surface area contributed by atoms with E-state index in [0.29, 0.717) is 11.1 Å². The van der Waals surface area contributed by atoms with Crippen LogP contribution in [0.5, 0.6) is 5.75 Å². The lowest BCUT2D eigenvalue weighted by Crippen LogP contribution is -2.27. The van der Waals surface area contributed by atoms with Gasteiger partial charge in [0.1, 0.15) is 5.75 Å². The van der Waals surface area contributed by atoms with Crippen molar-refractivity contribution in [1.29, 1.82) is 0 Å². The Kier molecular flexibility index (Phi) is 4.35. The highest BCUT2D eigenvalue weighted by molar-refractivity contribution is 5.89. The van der Waals surface area contributed by atoms with Gasteiger partial charge in [-0.3, -0.25) is 14.9 Å². The fourth-order valence-electron chi connectivity index (χ4n) is 2.93. The maximum atomic E-state index is 11.7. The molecule has 1 atom stereocenters. The first kappa shape index (κ1) is 16.4. The molecule has 0 heterocycles. The molecule has 3 aromatic rings. The summed E-state index contributed by atoms with van der Waals surface area (Å²) in [6, 6.07) is 16.1. The fourth-order valence-corrected chi connectivity index (χ4v) is 2.93. The number of carbonyl (C=O) groups is 1. The molecule has 0 aliphatic rings. The first-order chi connectivity index (χ1) is 12.0. The van der Waals surface area contributed by atoms with Crippen molar-refractivity contribution in [2.45, 2.75) is 13.0 Å². The van der Waals surface area contributed by atoms with Crippen molar-refractivity contribution in [3.63, 3.8) is 0 Å². The Balaban J connectivity index is 2.24. The number of rotatable bonds is 4. The number of fused-ring (bicyclic) bond motifs is 1. The van der Waals surface area contributed by atoms with Crippen LogP contribution < -0.4 is 5.32 Å². The second-order valence-electron chi connectivity index (χ2n) is 5.71. The van der Waals surface area contributed by atoms with Gasteiger partial charge in [0.05, 0.1) is 11.0 Å². The van der Waals surface area contributed by atoms with Crippen molar-refractivity contribution in [1.82, 2.24) is 5.32 Å². The van der Waals surface area contributed by atoms with Crippen molar-refractivity contribution in [2.75, 3.05) is 0 Å². The number of carbonyl (C=O) groups excluding carboxylic acids is 1. The van der Waals surface area contributed by atoms with Crippen LogP contribution in [0.2, 0.25) is 0 Å². The SMILES string of the molecule is CC(=O)N[C@@H](c1cccc([N+](=O)[O-])c1)c1c(O)ccc2ccccc12. The summed E-state index contributed by atoms with van der Waals surface area (Å²) in [6.45, 7) is 1.37. The predicted molar refractivity (Wildman–Crippen MR) is 94.4 cm³/mol. The van der Waals surface area contributed by atoms with Crippen LogP contribution in [0.15, 0.2) is 60.7 Å². The number of phenols is 1. The molecule has 3 rings (SSSR count). The average molecular weight is 336 g/mol. The van der Waals surface area contributed by atoms with E-state index < -0.39 is 11.0 Å². The lowest BCUT2D eigenvalue weighted by Gasteiger charge is -2.21. The van der Waals surface area contributed by atoms with Crippen LogP contribution in [0.1, 0.15) is 24.1 Å². The van der Waals surface area contributed by atoms with Crippen LogP contribution in [0, 0.1) is 10.1 Å². The minimum absolute atomic E-state index is 0.0176. The van der Waals surface area contributed by atoms with Crippen molar-refractivity contribution >= 4 is 22.4 Å². The molecular weight excluding hydrogens is 320 g/mol. The van der Waals surface area contributed by atoms with Gasteiger partial charge in [-0.2, -0.15) is 0 Å². The highest BCUT2D eigenvalue weighted by Crippen LogP contribution is 2.36. The molecule has 0 spiro atoms. The molecule has 0 aliphatic carbocycles. The van der Waals surface area contributed by atoms with E-state index in [0.717, 1.165) is 10.8 Å². The lowest BCUT2D eigenvalue weighted by atomic mass is 9.92. The number of hydrogen-bond acceptors (Lipinski definition) is 4. The predicted octanol–water partition coefficient (Wildman–Crippen LogP) is 3.68. The fraction of sp³-hybridized carbons (Fsp3) is 0.105. The summed E-state index contributed by atoms with van der Waals surface area (Å²) >= 11 is 0. The third-order valence-corrected chi connectivity index (χ3v) is 4.00. The molecule has 25 heavy (non-hydrogen) atoms. The molecule has 0 saturated carbocycles. The summed E-state index contributed by atoms with van der Waals surface area (Å²) in [4.78, 5) is 22.3. The molecular formula is C19H16N2O4. The van der Waals surface area contributed by atoms with Gasteiger partial charge in [0, 0.05) is 24.6 Å². The van der Waals surface area contributed by atoms with E-state index in [1.165, 1.54) is 19.1 Å². The number of amides is 1. The highest BCUT2D eigenvalue weighted by Gasteiger charge is 2.23. The van der Waals surface area contributed by atoms with Gasteiger partial charge in [0.2, 0.25) is 5.91 Å². The van der Waals surface area contributed by atoms with Gasteiger partial charge in [0.15, 0.2) is 0 Å². The van der Waals surface area contributed by atoms with E-state index in [2.05, 4.69) is 5.32 Å². The zero-order chi connectivity index (χ0) is 18.0. The first-order valence-electron chi connectivity index (χ1n) is 7.69.